The molecule has 0 saturated heterocycles. The maximum Gasteiger partial charge on any atom is 0.128 e. The zero-order chi connectivity index (χ0) is 24.8. The predicted molar refractivity (Wildman–Crippen MR) is 155 cm³/mol. The zero-order valence-corrected chi connectivity index (χ0v) is 21.9. The van der Waals surface area contributed by atoms with Crippen LogP contribution in [0.3, 0.4) is 0 Å². The Bertz CT molecular complexity index is 1320. The summed E-state index contributed by atoms with van der Waals surface area (Å²) in [4.78, 5) is 0. The third-order valence-electron chi connectivity index (χ3n) is 5.90. The van der Waals surface area contributed by atoms with Crippen molar-refractivity contribution in [2.45, 2.75) is 33.8 Å². The highest BCUT2D eigenvalue weighted by molar-refractivity contribution is 7.77. The van der Waals surface area contributed by atoms with Gasteiger partial charge in [-0.05, 0) is 79.5 Å². The normalized spacial score (nSPS) is 12.4. The van der Waals surface area contributed by atoms with Gasteiger partial charge in [0.1, 0.15) is 5.75 Å². The van der Waals surface area contributed by atoms with E-state index in [0.29, 0.717) is 0 Å². The topological polar surface area (TPSA) is 9.23 Å². The second-order valence-corrected chi connectivity index (χ2v) is 11.1. The Hall–Kier alpha value is -3.41. The highest BCUT2D eigenvalue weighted by Gasteiger charge is 2.25. The second kappa shape index (κ2) is 11.3. The molecule has 0 radical (unpaired) electrons. The molecule has 4 aromatic rings. The lowest BCUT2D eigenvalue weighted by Crippen LogP contribution is -2.14. The lowest BCUT2D eigenvalue weighted by Gasteiger charge is -2.27. The van der Waals surface area contributed by atoms with Crippen molar-refractivity contribution >= 4 is 34.9 Å². The van der Waals surface area contributed by atoms with Crippen molar-refractivity contribution in [1.82, 2.24) is 0 Å². The highest BCUT2D eigenvalue weighted by atomic mass is 31.1. The summed E-state index contributed by atoms with van der Waals surface area (Å²) in [7, 11) is -0.848. The van der Waals surface area contributed by atoms with Crippen LogP contribution in [-0.4, -0.2) is 6.10 Å². The molecule has 0 aliphatic rings. The minimum Gasteiger partial charge on any atom is -0.490 e. The quantitative estimate of drug-likeness (QED) is 0.183. The molecule has 4 aromatic carbocycles. The molecule has 0 N–H and O–H groups in total. The Morgan fingerprint density at radius 3 is 1.94 bits per heavy atom. The van der Waals surface area contributed by atoms with Crippen LogP contribution in [0.4, 0.5) is 0 Å². The van der Waals surface area contributed by atoms with Gasteiger partial charge in [-0.15, -0.1) is 0 Å². The van der Waals surface area contributed by atoms with E-state index >= 15 is 0 Å². The van der Waals surface area contributed by atoms with E-state index in [9.17, 15) is 0 Å². The number of allylic oxidation sites excluding steroid dienone is 5. The molecule has 176 valence electrons. The third kappa shape index (κ3) is 5.47. The molecule has 0 spiro atoms. The standard InChI is InChI=1S/C33H33OP/c1-6-15-25(4)32(33-30-21-14-13-16-27(30)22-23-31(33)34-24(2)3)26(5)35(28-17-9-7-10-18-28)29-19-11-8-12-20-29/h6-24H,5H2,1-4H3/b15-6+,32-25-. The van der Waals surface area contributed by atoms with Crippen LogP contribution in [0.25, 0.3) is 16.3 Å². The summed E-state index contributed by atoms with van der Waals surface area (Å²) in [5, 5.41) is 6.08. The Balaban J connectivity index is 2.03. The van der Waals surface area contributed by atoms with Crippen molar-refractivity contribution in [3.63, 3.8) is 0 Å². The van der Waals surface area contributed by atoms with Crippen LogP contribution in [0.1, 0.15) is 33.3 Å². The minimum atomic E-state index is -0.848. The molecule has 2 heteroatoms. The first kappa shape index (κ1) is 24.7. The van der Waals surface area contributed by atoms with Crippen LogP contribution in [0.2, 0.25) is 0 Å². The monoisotopic (exact) mass is 476 g/mol. The second-order valence-electron chi connectivity index (χ2n) is 8.84. The largest absolute Gasteiger partial charge is 0.490 e. The zero-order valence-electron chi connectivity index (χ0n) is 21.0. The molecular weight excluding hydrogens is 443 g/mol. The molecule has 0 saturated carbocycles. The molecule has 0 aliphatic carbocycles. The number of fused-ring (bicyclic) bond motifs is 1. The van der Waals surface area contributed by atoms with Crippen LogP contribution in [0, 0.1) is 0 Å². The predicted octanol–water partition coefficient (Wildman–Crippen LogP) is 8.62. The average molecular weight is 477 g/mol. The van der Waals surface area contributed by atoms with E-state index in [0.717, 1.165) is 22.2 Å². The van der Waals surface area contributed by atoms with E-state index in [1.807, 2.05) is 0 Å². The van der Waals surface area contributed by atoms with E-state index in [2.05, 4.69) is 137 Å². The first-order chi connectivity index (χ1) is 17.0. The molecule has 0 fully saturated rings. The Morgan fingerprint density at radius 1 is 0.800 bits per heavy atom. The first-order valence-corrected chi connectivity index (χ1v) is 13.5. The van der Waals surface area contributed by atoms with Gasteiger partial charge in [0.2, 0.25) is 0 Å². The molecule has 0 atom stereocenters. The van der Waals surface area contributed by atoms with Gasteiger partial charge in [-0.2, -0.15) is 0 Å². The maximum atomic E-state index is 6.41. The van der Waals surface area contributed by atoms with Crippen molar-refractivity contribution in [2.24, 2.45) is 0 Å². The van der Waals surface area contributed by atoms with Gasteiger partial charge in [-0.1, -0.05) is 110 Å². The summed E-state index contributed by atoms with van der Waals surface area (Å²) >= 11 is 0. The molecule has 0 amide bonds. The van der Waals surface area contributed by atoms with Gasteiger partial charge in [-0.25, -0.2) is 0 Å². The summed E-state index contributed by atoms with van der Waals surface area (Å²) in [6, 6.07) is 34.3. The lowest BCUT2D eigenvalue weighted by molar-refractivity contribution is 0.242. The summed E-state index contributed by atoms with van der Waals surface area (Å²) in [6.07, 6.45) is 4.35. The van der Waals surface area contributed by atoms with E-state index in [1.54, 1.807) is 0 Å². The number of hydrogen-bond donors (Lipinski definition) is 0. The molecule has 0 aromatic heterocycles. The van der Waals surface area contributed by atoms with Crippen LogP contribution in [0.5, 0.6) is 5.75 Å². The molecular formula is C33H33OP. The van der Waals surface area contributed by atoms with Gasteiger partial charge in [-0.3, -0.25) is 0 Å². The van der Waals surface area contributed by atoms with E-state index < -0.39 is 7.92 Å². The van der Waals surface area contributed by atoms with Gasteiger partial charge in [0.05, 0.1) is 6.10 Å². The molecule has 4 rings (SSSR count). The highest BCUT2D eigenvalue weighted by Crippen LogP contribution is 2.52. The van der Waals surface area contributed by atoms with Crippen molar-refractivity contribution in [2.75, 3.05) is 0 Å². The number of benzene rings is 4. The minimum absolute atomic E-state index is 0.0659. The van der Waals surface area contributed by atoms with Crippen molar-refractivity contribution in [1.29, 1.82) is 0 Å². The summed E-state index contributed by atoms with van der Waals surface area (Å²) in [5.41, 5.74) is 3.47. The van der Waals surface area contributed by atoms with Gasteiger partial charge in [0.15, 0.2) is 0 Å². The van der Waals surface area contributed by atoms with Gasteiger partial charge in [0, 0.05) is 5.56 Å². The molecule has 35 heavy (non-hydrogen) atoms. The fraction of sp³-hybridized carbons (Fsp3) is 0.152. The van der Waals surface area contributed by atoms with Crippen molar-refractivity contribution in [3.8, 4) is 5.75 Å². The van der Waals surface area contributed by atoms with E-state index in [-0.39, 0.29) is 6.10 Å². The number of ether oxygens (including phenoxy) is 1. The van der Waals surface area contributed by atoms with Gasteiger partial charge >= 0.3 is 0 Å². The lowest BCUT2D eigenvalue weighted by atomic mass is 9.93. The van der Waals surface area contributed by atoms with Crippen LogP contribution >= 0.6 is 7.92 Å². The Kier molecular flexibility index (Phi) is 8.01. The molecule has 0 heterocycles. The summed E-state index contributed by atoms with van der Waals surface area (Å²) in [6.45, 7) is 13.2. The molecule has 0 unspecified atom stereocenters. The fourth-order valence-electron chi connectivity index (χ4n) is 4.49. The first-order valence-electron chi connectivity index (χ1n) is 12.1. The van der Waals surface area contributed by atoms with Gasteiger partial charge in [0.25, 0.3) is 0 Å². The van der Waals surface area contributed by atoms with Crippen LogP contribution in [0.15, 0.2) is 127 Å². The SMILES string of the molecule is C=C(/C(=C(C)/C=C/C)c1c(OC(C)C)ccc2ccccc12)P(c1ccccc1)c1ccccc1. The molecule has 0 aliphatic heterocycles. The summed E-state index contributed by atoms with van der Waals surface area (Å²) < 4.78 is 6.41. The van der Waals surface area contributed by atoms with E-state index in [4.69, 9.17) is 11.3 Å². The smallest absolute Gasteiger partial charge is 0.128 e. The maximum absolute atomic E-state index is 6.41. The van der Waals surface area contributed by atoms with Crippen molar-refractivity contribution in [3.05, 3.63) is 132 Å². The Labute approximate surface area is 211 Å². The Morgan fingerprint density at radius 2 is 1.37 bits per heavy atom. The molecule has 0 bridgehead atoms. The molecule has 1 nitrogen and oxygen atoms in total. The fourth-order valence-corrected chi connectivity index (χ4v) is 6.86. The average Bonchev–Trinajstić information content (AvgIpc) is 2.87. The number of rotatable bonds is 8. The van der Waals surface area contributed by atoms with Crippen LogP contribution in [-0.2, 0) is 0 Å². The van der Waals surface area contributed by atoms with Crippen LogP contribution < -0.4 is 15.3 Å². The summed E-state index contributed by atoms with van der Waals surface area (Å²) in [5.74, 6) is 0.898. The van der Waals surface area contributed by atoms with Gasteiger partial charge < -0.3 is 4.74 Å². The number of hydrogen-bond acceptors (Lipinski definition) is 1. The van der Waals surface area contributed by atoms with Crippen molar-refractivity contribution < 1.29 is 4.74 Å². The van der Waals surface area contributed by atoms with E-state index in [1.165, 1.54) is 27.0 Å². The third-order valence-corrected chi connectivity index (χ3v) is 8.29.